The van der Waals surface area contributed by atoms with Crippen LogP contribution in [0.3, 0.4) is 0 Å². The number of methoxy groups -OCH3 is 2. The molecule has 0 N–H and O–H groups in total. The van der Waals surface area contributed by atoms with E-state index in [0.717, 1.165) is 20.9 Å². The first kappa shape index (κ1) is 26.1. The van der Waals surface area contributed by atoms with E-state index in [1.165, 1.54) is 25.2 Å². The van der Waals surface area contributed by atoms with Gasteiger partial charge in [-0.1, -0.05) is 23.7 Å². The fourth-order valence-corrected chi connectivity index (χ4v) is 4.82. The lowest BCUT2D eigenvalue weighted by Crippen LogP contribution is -2.27. The van der Waals surface area contributed by atoms with Crippen molar-refractivity contribution < 1.29 is 28.6 Å². The van der Waals surface area contributed by atoms with Gasteiger partial charge < -0.3 is 14.2 Å². The number of hydrogen-bond donors (Lipinski definition) is 0. The van der Waals surface area contributed by atoms with Crippen LogP contribution in [0.5, 0.6) is 17.2 Å². The third-order valence-electron chi connectivity index (χ3n) is 5.20. The molecular weight excluding hydrogens is 617 g/mol. The van der Waals surface area contributed by atoms with E-state index in [1.807, 2.05) is 24.3 Å². The first-order valence-corrected chi connectivity index (χ1v) is 12.8. The van der Waals surface area contributed by atoms with E-state index in [2.05, 4.69) is 22.6 Å². The zero-order chi connectivity index (χ0) is 25.8. The molecule has 1 heterocycles. The molecule has 0 aliphatic carbocycles. The number of carbonyl (C=O) groups is 3. The Morgan fingerprint density at radius 3 is 2.36 bits per heavy atom. The average Bonchev–Trinajstić information content (AvgIpc) is 3.13. The largest absolute Gasteiger partial charge is 0.497 e. The second-order valence-electron chi connectivity index (χ2n) is 7.55. The van der Waals surface area contributed by atoms with E-state index in [1.54, 1.807) is 36.4 Å². The number of rotatable bonds is 7. The first-order valence-electron chi connectivity index (χ1n) is 10.5. The van der Waals surface area contributed by atoms with Gasteiger partial charge in [-0.2, -0.15) is 0 Å². The number of amides is 2. The van der Waals surface area contributed by atoms with Crippen molar-refractivity contribution in [2.75, 3.05) is 14.2 Å². The molecule has 7 nitrogen and oxygen atoms in total. The molecule has 184 valence electrons. The fraction of sp³-hybridized carbons (Fsp3) is 0.115. The van der Waals surface area contributed by atoms with Crippen molar-refractivity contribution in [3.63, 3.8) is 0 Å². The summed E-state index contributed by atoms with van der Waals surface area (Å²) in [7, 11) is 2.94. The van der Waals surface area contributed by atoms with E-state index in [4.69, 9.17) is 25.8 Å². The minimum atomic E-state index is -0.623. The second-order valence-corrected chi connectivity index (χ2v) is 10.2. The Bertz CT molecular complexity index is 1360. The van der Waals surface area contributed by atoms with Crippen LogP contribution in [0.15, 0.2) is 65.6 Å². The summed E-state index contributed by atoms with van der Waals surface area (Å²) in [6.07, 6.45) is 1.56. The molecule has 1 fully saturated rings. The fourth-order valence-electron chi connectivity index (χ4n) is 3.36. The number of hydrogen-bond acceptors (Lipinski definition) is 7. The van der Waals surface area contributed by atoms with Crippen LogP contribution in [0.2, 0.25) is 5.02 Å². The summed E-state index contributed by atoms with van der Waals surface area (Å²) in [5.41, 5.74) is 1.67. The molecule has 0 aromatic heterocycles. The molecule has 4 rings (SSSR count). The molecule has 2 amide bonds. The summed E-state index contributed by atoms with van der Waals surface area (Å²) in [4.78, 5) is 39.5. The third-order valence-corrected chi connectivity index (χ3v) is 7.10. The van der Waals surface area contributed by atoms with Gasteiger partial charge in [0, 0.05) is 3.57 Å². The van der Waals surface area contributed by atoms with Gasteiger partial charge in [0.05, 0.1) is 36.3 Å². The highest BCUT2D eigenvalue weighted by Gasteiger charge is 2.35. The molecule has 1 aliphatic rings. The van der Waals surface area contributed by atoms with Gasteiger partial charge >= 0.3 is 5.97 Å². The second kappa shape index (κ2) is 11.4. The molecular formula is C26H19ClINO6S. The summed E-state index contributed by atoms with van der Waals surface area (Å²) < 4.78 is 17.0. The number of imide groups is 1. The molecule has 3 aromatic carbocycles. The lowest BCUT2D eigenvalue weighted by molar-refractivity contribution is -0.123. The van der Waals surface area contributed by atoms with E-state index >= 15 is 0 Å². The number of ether oxygens (including phenoxy) is 3. The maximum Gasteiger partial charge on any atom is 0.343 e. The van der Waals surface area contributed by atoms with Crippen LogP contribution in [0, 0.1) is 3.57 Å². The van der Waals surface area contributed by atoms with Gasteiger partial charge in [-0.25, -0.2) is 4.79 Å². The van der Waals surface area contributed by atoms with Gasteiger partial charge in [0.1, 0.15) is 5.75 Å². The monoisotopic (exact) mass is 635 g/mol. The number of thioether (sulfide) groups is 1. The van der Waals surface area contributed by atoms with E-state index in [0.29, 0.717) is 16.9 Å². The lowest BCUT2D eigenvalue weighted by Gasteiger charge is -2.13. The Balaban J connectivity index is 1.54. The van der Waals surface area contributed by atoms with Crippen LogP contribution >= 0.6 is 46.0 Å². The Hall–Kier alpha value is -3.02. The molecule has 0 spiro atoms. The number of esters is 1. The van der Waals surface area contributed by atoms with Crippen molar-refractivity contribution in [1.29, 1.82) is 0 Å². The van der Waals surface area contributed by atoms with Crippen LogP contribution in [-0.4, -0.2) is 36.2 Å². The summed E-state index contributed by atoms with van der Waals surface area (Å²) in [5.74, 6) is -0.164. The average molecular weight is 636 g/mol. The predicted octanol–water partition coefficient (Wildman–Crippen LogP) is 6.42. The van der Waals surface area contributed by atoms with E-state index in [9.17, 15) is 14.4 Å². The summed E-state index contributed by atoms with van der Waals surface area (Å²) in [6.45, 7) is 0.184. The maximum atomic E-state index is 12.9. The Morgan fingerprint density at radius 1 is 1.03 bits per heavy atom. The van der Waals surface area contributed by atoms with Crippen LogP contribution in [-0.2, 0) is 11.3 Å². The Morgan fingerprint density at radius 2 is 1.72 bits per heavy atom. The Kier molecular flexibility index (Phi) is 8.22. The molecule has 3 aromatic rings. The zero-order valence-corrected chi connectivity index (χ0v) is 22.8. The van der Waals surface area contributed by atoms with E-state index < -0.39 is 11.9 Å². The Labute approximate surface area is 230 Å². The van der Waals surface area contributed by atoms with Crippen molar-refractivity contribution in [1.82, 2.24) is 4.90 Å². The van der Waals surface area contributed by atoms with Crippen molar-refractivity contribution in [3.8, 4) is 17.2 Å². The first-order chi connectivity index (χ1) is 17.3. The number of halogens is 2. The summed E-state index contributed by atoms with van der Waals surface area (Å²) >= 11 is 9.46. The predicted molar refractivity (Wildman–Crippen MR) is 147 cm³/mol. The van der Waals surface area contributed by atoms with Crippen LogP contribution in [0.4, 0.5) is 4.79 Å². The molecule has 0 bridgehead atoms. The molecule has 0 saturated carbocycles. The third kappa shape index (κ3) is 5.85. The van der Waals surface area contributed by atoms with Crippen LogP contribution in [0.1, 0.15) is 21.5 Å². The van der Waals surface area contributed by atoms with Gasteiger partial charge in [0.25, 0.3) is 11.1 Å². The highest BCUT2D eigenvalue weighted by Crippen LogP contribution is 2.39. The molecule has 1 saturated heterocycles. The van der Waals surface area contributed by atoms with Gasteiger partial charge in [-0.05, 0) is 100 Å². The van der Waals surface area contributed by atoms with Crippen LogP contribution < -0.4 is 14.2 Å². The summed E-state index contributed by atoms with van der Waals surface area (Å²) in [5, 5.41) is -0.242. The smallest absolute Gasteiger partial charge is 0.343 e. The quantitative estimate of drug-likeness (QED) is 0.128. The van der Waals surface area contributed by atoms with Crippen molar-refractivity contribution in [2.45, 2.75) is 6.54 Å². The molecule has 36 heavy (non-hydrogen) atoms. The van der Waals surface area contributed by atoms with Crippen molar-refractivity contribution >= 4 is 69.1 Å². The number of benzene rings is 3. The maximum absolute atomic E-state index is 12.9. The van der Waals surface area contributed by atoms with Crippen molar-refractivity contribution in [3.05, 3.63) is 90.9 Å². The minimum Gasteiger partial charge on any atom is -0.497 e. The molecule has 0 radical (unpaired) electrons. The lowest BCUT2D eigenvalue weighted by atomic mass is 10.1. The number of carbonyl (C=O) groups excluding carboxylic acids is 3. The van der Waals surface area contributed by atoms with Gasteiger partial charge in [0.2, 0.25) is 0 Å². The molecule has 0 atom stereocenters. The summed E-state index contributed by atoms with van der Waals surface area (Å²) in [6, 6.07) is 17.1. The van der Waals surface area contributed by atoms with Gasteiger partial charge in [-0.3, -0.25) is 14.5 Å². The molecule has 10 heteroatoms. The SMILES string of the molecule is COc1ccc(C(=O)Oc2c(Cl)cc(/C=C3\SC(=O)N(Cc4ccc(I)cc4)C3=O)cc2OC)cc1. The molecule has 0 unspecified atom stereocenters. The topological polar surface area (TPSA) is 82.1 Å². The standard InChI is InChI=1S/C26H19ClINO6S/c1-33-19-9-5-17(6-10-19)25(31)35-23-20(27)11-16(12-21(23)34-2)13-22-24(30)29(26(32)36-22)14-15-3-7-18(28)8-4-15/h3-13H,14H2,1-2H3/b22-13-. The van der Waals surface area contributed by atoms with Crippen molar-refractivity contribution in [2.24, 2.45) is 0 Å². The van der Waals surface area contributed by atoms with Crippen LogP contribution in [0.25, 0.3) is 6.08 Å². The van der Waals surface area contributed by atoms with E-state index in [-0.39, 0.29) is 33.2 Å². The minimum absolute atomic E-state index is 0.0453. The van der Waals surface area contributed by atoms with Gasteiger partial charge in [0.15, 0.2) is 11.5 Å². The highest BCUT2D eigenvalue weighted by atomic mass is 127. The number of nitrogens with zero attached hydrogens (tertiary/aromatic N) is 1. The zero-order valence-electron chi connectivity index (χ0n) is 19.1. The van der Waals surface area contributed by atoms with Gasteiger partial charge in [-0.15, -0.1) is 0 Å². The highest BCUT2D eigenvalue weighted by molar-refractivity contribution is 14.1. The molecule has 1 aliphatic heterocycles. The normalized spacial score (nSPS) is 14.3.